The van der Waals surface area contributed by atoms with E-state index in [1.165, 1.54) is 0 Å². The Morgan fingerprint density at radius 3 is 2.39 bits per heavy atom. The lowest BCUT2D eigenvalue weighted by atomic mass is 9.95. The van der Waals surface area contributed by atoms with Crippen molar-refractivity contribution in [2.75, 3.05) is 5.73 Å². The van der Waals surface area contributed by atoms with E-state index in [-0.39, 0.29) is 11.6 Å². The minimum atomic E-state index is 0.0393. The maximum Gasteiger partial charge on any atom is 0.167 e. The second-order valence-electron chi connectivity index (χ2n) is 5.91. The zero-order chi connectivity index (χ0) is 16.8. The molecule has 0 fully saturated rings. The van der Waals surface area contributed by atoms with Crippen LogP contribution in [0.4, 0.5) is 5.69 Å². The van der Waals surface area contributed by atoms with Gasteiger partial charge in [0.2, 0.25) is 0 Å². The molecule has 2 rings (SSSR count). The summed E-state index contributed by atoms with van der Waals surface area (Å²) in [6.07, 6.45) is 2.21. The van der Waals surface area contributed by atoms with Gasteiger partial charge in [-0.05, 0) is 42.2 Å². The third-order valence-corrected chi connectivity index (χ3v) is 3.99. The number of carbonyl (C=O) groups excluding carboxylic acids is 2. The van der Waals surface area contributed by atoms with Gasteiger partial charge in [0.25, 0.3) is 0 Å². The largest absolute Gasteiger partial charge is 0.398 e. The van der Waals surface area contributed by atoms with Gasteiger partial charge in [-0.2, -0.15) is 0 Å². The Balaban J connectivity index is 2.12. The summed E-state index contributed by atoms with van der Waals surface area (Å²) in [6, 6.07) is 13.0. The second kappa shape index (κ2) is 7.73. The first kappa shape index (κ1) is 16.9. The molecule has 0 unspecified atom stereocenters. The summed E-state index contributed by atoms with van der Waals surface area (Å²) < 4.78 is 0. The lowest BCUT2D eigenvalue weighted by Crippen LogP contribution is -2.08. The van der Waals surface area contributed by atoms with Crippen molar-refractivity contribution in [1.82, 2.24) is 0 Å². The number of Topliss-reactive ketones (excluding diaryl/α,β-unsaturated/α-hetero) is 2. The number of hydrogen-bond acceptors (Lipinski definition) is 3. The molecule has 0 bridgehead atoms. The first-order valence-electron chi connectivity index (χ1n) is 7.99. The average Bonchev–Trinajstić information content (AvgIpc) is 2.51. The Kier molecular flexibility index (Phi) is 5.69. The van der Waals surface area contributed by atoms with Gasteiger partial charge in [0, 0.05) is 30.5 Å². The number of rotatable bonds is 7. The number of nitrogen functional groups attached to an aromatic ring is 1. The van der Waals surface area contributed by atoms with E-state index >= 15 is 0 Å². The van der Waals surface area contributed by atoms with E-state index in [0.29, 0.717) is 30.5 Å². The fourth-order valence-corrected chi connectivity index (χ4v) is 2.62. The molecule has 3 nitrogen and oxygen atoms in total. The van der Waals surface area contributed by atoms with Crippen LogP contribution in [0.1, 0.15) is 46.8 Å². The van der Waals surface area contributed by atoms with Crippen molar-refractivity contribution in [2.24, 2.45) is 0 Å². The minimum absolute atomic E-state index is 0.0393. The predicted octanol–water partition coefficient (Wildman–Crippen LogP) is 3.91. The molecule has 0 saturated carbocycles. The third kappa shape index (κ3) is 4.52. The maximum absolute atomic E-state index is 12.4. The van der Waals surface area contributed by atoms with Crippen LogP contribution in [0, 0.1) is 6.92 Å². The highest BCUT2D eigenvalue weighted by Crippen LogP contribution is 2.17. The van der Waals surface area contributed by atoms with E-state index in [4.69, 9.17) is 5.73 Å². The molecule has 0 heterocycles. The van der Waals surface area contributed by atoms with Gasteiger partial charge in [-0.25, -0.2) is 0 Å². The van der Waals surface area contributed by atoms with E-state index in [1.54, 1.807) is 6.07 Å². The highest BCUT2D eigenvalue weighted by Gasteiger charge is 2.12. The number of ketones is 2. The summed E-state index contributed by atoms with van der Waals surface area (Å²) >= 11 is 0. The number of carbonyl (C=O) groups is 2. The van der Waals surface area contributed by atoms with Crippen LogP contribution in [-0.4, -0.2) is 11.6 Å². The third-order valence-electron chi connectivity index (χ3n) is 3.99. The Hall–Kier alpha value is -2.42. The predicted molar refractivity (Wildman–Crippen MR) is 93.7 cm³/mol. The Morgan fingerprint density at radius 1 is 1.00 bits per heavy atom. The molecule has 2 aromatic rings. The highest BCUT2D eigenvalue weighted by atomic mass is 16.1. The van der Waals surface area contributed by atoms with Crippen molar-refractivity contribution in [1.29, 1.82) is 0 Å². The van der Waals surface area contributed by atoms with E-state index in [0.717, 1.165) is 23.1 Å². The second-order valence-corrected chi connectivity index (χ2v) is 5.91. The number of aryl methyl sites for hydroxylation is 1. The molecule has 3 heteroatoms. The van der Waals surface area contributed by atoms with Crippen LogP contribution in [0.2, 0.25) is 0 Å². The highest BCUT2D eigenvalue weighted by molar-refractivity contribution is 5.98. The first-order chi connectivity index (χ1) is 11.0. The zero-order valence-electron chi connectivity index (χ0n) is 13.8. The minimum Gasteiger partial charge on any atom is -0.398 e. The number of nitrogens with two attached hydrogens (primary N) is 1. The molecule has 0 atom stereocenters. The van der Waals surface area contributed by atoms with Gasteiger partial charge in [0.1, 0.15) is 5.78 Å². The van der Waals surface area contributed by atoms with Crippen LogP contribution in [0.15, 0.2) is 42.5 Å². The molecular formula is C20H23NO2. The molecule has 23 heavy (non-hydrogen) atoms. The van der Waals surface area contributed by atoms with Crippen molar-refractivity contribution < 1.29 is 9.59 Å². The summed E-state index contributed by atoms with van der Waals surface area (Å²) in [5.74, 6) is 0.282. The normalized spacial score (nSPS) is 10.5. The number of anilines is 1. The molecular weight excluding hydrogens is 286 g/mol. The van der Waals surface area contributed by atoms with Gasteiger partial charge >= 0.3 is 0 Å². The van der Waals surface area contributed by atoms with Crippen LogP contribution in [0.3, 0.4) is 0 Å². The van der Waals surface area contributed by atoms with Crippen molar-refractivity contribution >= 4 is 17.3 Å². The number of benzene rings is 2. The molecule has 0 amide bonds. The molecule has 0 spiro atoms. The number of para-hydroxylation sites is 1. The maximum atomic E-state index is 12.4. The number of hydrogen-bond donors (Lipinski definition) is 1. The van der Waals surface area contributed by atoms with Gasteiger partial charge in [0.05, 0.1) is 0 Å². The summed E-state index contributed by atoms with van der Waals surface area (Å²) in [5, 5.41) is 0. The van der Waals surface area contributed by atoms with Crippen molar-refractivity contribution in [3.8, 4) is 0 Å². The van der Waals surface area contributed by atoms with Gasteiger partial charge in [-0.15, -0.1) is 0 Å². The summed E-state index contributed by atoms with van der Waals surface area (Å²) in [5.41, 5.74) is 10.0. The average molecular weight is 309 g/mol. The molecule has 2 aromatic carbocycles. The van der Waals surface area contributed by atoms with Crippen molar-refractivity contribution in [3.05, 3.63) is 64.7 Å². The standard InChI is InChI=1S/C20H23NO2/c1-3-6-18(22)12-15-9-10-17(11-14(15)2)20(23)13-16-7-4-5-8-19(16)21/h4-5,7-11H,3,6,12-13,21H2,1-2H3. The van der Waals surface area contributed by atoms with E-state index in [2.05, 4.69) is 0 Å². The zero-order valence-corrected chi connectivity index (χ0v) is 13.8. The van der Waals surface area contributed by atoms with Crippen molar-refractivity contribution in [2.45, 2.75) is 39.5 Å². The fourth-order valence-electron chi connectivity index (χ4n) is 2.62. The van der Waals surface area contributed by atoms with E-state index in [9.17, 15) is 9.59 Å². The van der Waals surface area contributed by atoms with E-state index < -0.39 is 0 Å². The van der Waals surface area contributed by atoms with E-state index in [1.807, 2.05) is 50.2 Å². The summed E-state index contributed by atoms with van der Waals surface area (Å²) in [7, 11) is 0. The van der Waals surface area contributed by atoms with Gasteiger partial charge in [0.15, 0.2) is 5.78 Å². The molecule has 0 saturated heterocycles. The first-order valence-corrected chi connectivity index (χ1v) is 7.99. The lowest BCUT2D eigenvalue weighted by molar-refractivity contribution is -0.118. The van der Waals surface area contributed by atoms with Gasteiger partial charge < -0.3 is 5.73 Å². The van der Waals surface area contributed by atoms with Crippen LogP contribution < -0.4 is 5.73 Å². The Morgan fingerprint density at radius 2 is 1.74 bits per heavy atom. The fraction of sp³-hybridized carbons (Fsp3) is 0.300. The monoisotopic (exact) mass is 309 g/mol. The van der Waals surface area contributed by atoms with Crippen LogP contribution in [0.5, 0.6) is 0 Å². The Labute approximate surface area is 137 Å². The summed E-state index contributed by atoms with van der Waals surface area (Å²) in [6.45, 7) is 3.95. The summed E-state index contributed by atoms with van der Waals surface area (Å²) in [4.78, 5) is 24.2. The molecule has 2 N–H and O–H groups in total. The van der Waals surface area contributed by atoms with Gasteiger partial charge in [-0.3, -0.25) is 9.59 Å². The smallest absolute Gasteiger partial charge is 0.167 e. The molecule has 120 valence electrons. The van der Waals surface area contributed by atoms with Crippen LogP contribution in [-0.2, 0) is 17.6 Å². The SMILES string of the molecule is CCCC(=O)Cc1ccc(C(=O)Cc2ccccc2N)cc1C. The molecule has 0 aliphatic heterocycles. The van der Waals surface area contributed by atoms with Gasteiger partial charge in [-0.1, -0.05) is 37.3 Å². The van der Waals surface area contributed by atoms with Crippen molar-refractivity contribution in [3.63, 3.8) is 0 Å². The quantitative estimate of drug-likeness (QED) is 0.623. The van der Waals surface area contributed by atoms with Crippen LogP contribution >= 0.6 is 0 Å². The topological polar surface area (TPSA) is 60.2 Å². The molecule has 0 aliphatic rings. The molecule has 0 radical (unpaired) electrons. The molecule has 0 aliphatic carbocycles. The van der Waals surface area contributed by atoms with Crippen LogP contribution in [0.25, 0.3) is 0 Å². The lowest BCUT2D eigenvalue weighted by Gasteiger charge is -2.09. The Bertz CT molecular complexity index is 719. The molecule has 0 aromatic heterocycles.